The molecule has 0 unspecified atom stereocenters. The third-order valence-electron chi connectivity index (χ3n) is 4.50. The van der Waals surface area contributed by atoms with Gasteiger partial charge in [0.15, 0.2) is 0 Å². The van der Waals surface area contributed by atoms with Crippen molar-refractivity contribution in [3.63, 3.8) is 0 Å². The Balaban J connectivity index is 1.53. The van der Waals surface area contributed by atoms with E-state index in [4.69, 9.17) is 4.74 Å². The normalized spacial score (nSPS) is 16.6. The van der Waals surface area contributed by atoms with Gasteiger partial charge in [-0.05, 0) is 36.2 Å². The lowest BCUT2D eigenvalue weighted by atomic mass is 10.1. The van der Waals surface area contributed by atoms with E-state index in [2.05, 4.69) is 5.32 Å². The Morgan fingerprint density at radius 3 is 2.65 bits per heavy atom. The second-order valence-corrected chi connectivity index (χ2v) is 6.29. The van der Waals surface area contributed by atoms with Crippen LogP contribution >= 0.6 is 0 Å². The monoisotopic (exact) mass is 356 g/mol. The first-order chi connectivity index (χ1) is 12.6. The molecule has 26 heavy (non-hydrogen) atoms. The maximum atomic E-state index is 13.7. The van der Waals surface area contributed by atoms with Crippen LogP contribution in [-0.2, 0) is 11.2 Å². The van der Waals surface area contributed by atoms with Crippen molar-refractivity contribution in [1.29, 1.82) is 0 Å². The van der Waals surface area contributed by atoms with E-state index in [-0.39, 0.29) is 23.9 Å². The van der Waals surface area contributed by atoms with Crippen LogP contribution < -0.4 is 10.1 Å². The molecule has 136 valence electrons. The second-order valence-electron chi connectivity index (χ2n) is 6.29. The highest BCUT2D eigenvalue weighted by atomic mass is 19.1. The van der Waals surface area contributed by atoms with Gasteiger partial charge in [0.25, 0.3) is 5.91 Å². The molecule has 1 aliphatic heterocycles. The summed E-state index contributed by atoms with van der Waals surface area (Å²) in [4.78, 5) is 26.1. The Morgan fingerprint density at radius 1 is 1.23 bits per heavy atom. The maximum absolute atomic E-state index is 13.7. The molecule has 0 spiro atoms. The number of nitrogens with zero attached hydrogens (tertiary/aromatic N) is 1. The van der Waals surface area contributed by atoms with E-state index >= 15 is 0 Å². The molecule has 0 aromatic heterocycles. The van der Waals surface area contributed by atoms with Crippen molar-refractivity contribution in [3.05, 3.63) is 65.5 Å². The summed E-state index contributed by atoms with van der Waals surface area (Å²) >= 11 is 0. The zero-order chi connectivity index (χ0) is 18.5. The first kappa shape index (κ1) is 17.9. The van der Waals surface area contributed by atoms with E-state index in [1.807, 2.05) is 24.3 Å². The van der Waals surface area contributed by atoms with Crippen LogP contribution in [0.4, 0.5) is 4.39 Å². The minimum atomic E-state index is -0.564. The third kappa shape index (κ3) is 4.20. The fraction of sp³-hybridized carbons (Fsp3) is 0.300. The molecule has 1 N–H and O–H groups in total. The number of nitrogens with one attached hydrogen (secondary N) is 1. The fourth-order valence-corrected chi connectivity index (χ4v) is 3.05. The van der Waals surface area contributed by atoms with Gasteiger partial charge in [0.05, 0.1) is 18.7 Å². The third-order valence-corrected chi connectivity index (χ3v) is 4.50. The van der Waals surface area contributed by atoms with Crippen molar-refractivity contribution in [2.75, 3.05) is 20.2 Å². The van der Waals surface area contributed by atoms with Crippen LogP contribution in [0.15, 0.2) is 48.5 Å². The van der Waals surface area contributed by atoms with Crippen molar-refractivity contribution >= 4 is 11.8 Å². The molecule has 5 nitrogen and oxygen atoms in total. The summed E-state index contributed by atoms with van der Waals surface area (Å²) in [7, 11) is 1.62. The Hall–Kier alpha value is -2.89. The minimum Gasteiger partial charge on any atom is -0.497 e. The number of rotatable bonds is 6. The summed E-state index contributed by atoms with van der Waals surface area (Å²) in [6.45, 7) is 1.02. The van der Waals surface area contributed by atoms with Crippen molar-refractivity contribution < 1.29 is 18.7 Å². The molecular formula is C20H21FN2O3. The standard InChI is InChI=1S/C20H21FN2O3/c1-26-16-8-6-14(7-9-16)10-11-23-13-15(12-19(23)24)22-20(25)17-4-2-3-5-18(17)21/h2-9,15H,10-13H2,1H3,(H,22,25)/t15-/m0/s1. The molecule has 1 heterocycles. The van der Waals surface area contributed by atoms with Gasteiger partial charge < -0.3 is 15.0 Å². The number of hydrogen-bond acceptors (Lipinski definition) is 3. The molecule has 2 aromatic rings. The predicted molar refractivity (Wildman–Crippen MR) is 95.5 cm³/mol. The van der Waals surface area contributed by atoms with Crippen LogP contribution in [0.1, 0.15) is 22.3 Å². The van der Waals surface area contributed by atoms with E-state index in [0.29, 0.717) is 13.1 Å². The quantitative estimate of drug-likeness (QED) is 0.865. The molecule has 0 bridgehead atoms. The number of halogens is 1. The van der Waals surface area contributed by atoms with Gasteiger partial charge in [0.1, 0.15) is 11.6 Å². The van der Waals surface area contributed by atoms with Crippen LogP contribution in [0.25, 0.3) is 0 Å². The Bertz CT molecular complexity index is 792. The second kappa shape index (κ2) is 7.99. The van der Waals surface area contributed by atoms with Gasteiger partial charge in [-0.3, -0.25) is 9.59 Å². The molecule has 2 amide bonds. The van der Waals surface area contributed by atoms with Gasteiger partial charge in [-0.25, -0.2) is 4.39 Å². The Labute approximate surface area is 151 Å². The predicted octanol–water partition coefficient (Wildman–Crippen LogP) is 2.41. The SMILES string of the molecule is COc1ccc(CCN2C[C@@H](NC(=O)c3ccccc3F)CC2=O)cc1. The van der Waals surface area contributed by atoms with Crippen molar-refractivity contribution in [2.24, 2.45) is 0 Å². The Kier molecular flexibility index (Phi) is 5.51. The van der Waals surface area contributed by atoms with Crippen LogP contribution in [0.5, 0.6) is 5.75 Å². The van der Waals surface area contributed by atoms with Crippen LogP contribution in [-0.4, -0.2) is 43.0 Å². The van der Waals surface area contributed by atoms with E-state index < -0.39 is 11.7 Å². The summed E-state index contributed by atoms with van der Waals surface area (Å²) in [5.74, 6) is -0.261. The average molecular weight is 356 g/mol. The molecule has 6 heteroatoms. The van der Waals surface area contributed by atoms with E-state index in [9.17, 15) is 14.0 Å². The number of hydrogen-bond donors (Lipinski definition) is 1. The van der Waals surface area contributed by atoms with Gasteiger partial charge >= 0.3 is 0 Å². The maximum Gasteiger partial charge on any atom is 0.254 e. The molecule has 2 aromatic carbocycles. The summed E-state index contributed by atoms with van der Waals surface area (Å²) in [5.41, 5.74) is 1.11. The fourth-order valence-electron chi connectivity index (χ4n) is 3.05. The highest BCUT2D eigenvalue weighted by Gasteiger charge is 2.30. The zero-order valence-electron chi connectivity index (χ0n) is 14.6. The Morgan fingerprint density at radius 2 is 1.96 bits per heavy atom. The summed E-state index contributed by atoms with van der Waals surface area (Å²) < 4.78 is 18.8. The molecule has 0 saturated carbocycles. The van der Waals surface area contributed by atoms with Gasteiger partial charge in [0, 0.05) is 19.5 Å². The molecule has 1 aliphatic rings. The number of ether oxygens (including phenoxy) is 1. The van der Waals surface area contributed by atoms with Gasteiger partial charge in [-0.2, -0.15) is 0 Å². The molecule has 0 aliphatic carbocycles. The first-order valence-electron chi connectivity index (χ1n) is 8.53. The number of benzene rings is 2. The van der Waals surface area contributed by atoms with Crippen molar-refractivity contribution in [3.8, 4) is 5.75 Å². The van der Waals surface area contributed by atoms with Crippen LogP contribution in [0, 0.1) is 5.82 Å². The van der Waals surface area contributed by atoms with E-state index in [1.165, 1.54) is 18.2 Å². The van der Waals surface area contributed by atoms with Gasteiger partial charge in [-0.1, -0.05) is 24.3 Å². The molecule has 1 fully saturated rings. The molecular weight excluding hydrogens is 335 g/mol. The van der Waals surface area contributed by atoms with Crippen LogP contribution in [0.2, 0.25) is 0 Å². The lowest BCUT2D eigenvalue weighted by molar-refractivity contribution is -0.127. The summed E-state index contributed by atoms with van der Waals surface area (Å²) in [6, 6.07) is 13.2. The zero-order valence-corrected chi connectivity index (χ0v) is 14.6. The average Bonchev–Trinajstić information content (AvgIpc) is 2.99. The number of likely N-dealkylation sites (tertiary alicyclic amines) is 1. The minimum absolute atomic E-state index is 0.00246. The number of amides is 2. The first-order valence-corrected chi connectivity index (χ1v) is 8.53. The molecule has 1 saturated heterocycles. The number of methoxy groups -OCH3 is 1. The van der Waals surface area contributed by atoms with Crippen LogP contribution in [0.3, 0.4) is 0 Å². The topological polar surface area (TPSA) is 58.6 Å². The molecule has 3 rings (SSSR count). The smallest absolute Gasteiger partial charge is 0.254 e. The summed E-state index contributed by atoms with van der Waals surface area (Å²) in [6.07, 6.45) is 0.965. The van der Waals surface area contributed by atoms with E-state index in [0.717, 1.165) is 17.7 Å². The largest absolute Gasteiger partial charge is 0.497 e. The van der Waals surface area contributed by atoms with Gasteiger partial charge in [-0.15, -0.1) is 0 Å². The molecule has 0 radical (unpaired) electrons. The highest BCUT2D eigenvalue weighted by molar-refractivity contribution is 5.95. The number of carbonyl (C=O) groups is 2. The number of carbonyl (C=O) groups excluding carboxylic acids is 2. The van der Waals surface area contributed by atoms with Gasteiger partial charge in [0.2, 0.25) is 5.91 Å². The lowest BCUT2D eigenvalue weighted by Crippen LogP contribution is -2.37. The summed E-state index contributed by atoms with van der Waals surface area (Å²) in [5, 5.41) is 2.75. The highest BCUT2D eigenvalue weighted by Crippen LogP contribution is 2.16. The van der Waals surface area contributed by atoms with Crippen molar-refractivity contribution in [1.82, 2.24) is 10.2 Å². The van der Waals surface area contributed by atoms with E-state index in [1.54, 1.807) is 18.1 Å². The lowest BCUT2D eigenvalue weighted by Gasteiger charge is -2.17. The van der Waals surface area contributed by atoms with Crippen molar-refractivity contribution in [2.45, 2.75) is 18.9 Å². The molecule has 1 atom stereocenters.